The lowest BCUT2D eigenvalue weighted by atomic mass is 10.2. The quantitative estimate of drug-likeness (QED) is 0.470. The van der Waals surface area contributed by atoms with E-state index in [9.17, 15) is 19.6 Å². The first-order valence-corrected chi connectivity index (χ1v) is 5.52. The number of anilines is 1. The van der Waals surface area contributed by atoms with Gasteiger partial charge in [0, 0.05) is 12.6 Å². The zero-order valence-electron chi connectivity index (χ0n) is 9.52. The zero-order chi connectivity index (χ0) is 13.7. The highest BCUT2D eigenvalue weighted by Gasteiger charge is 2.19. The number of aliphatic hydroxyl groups excluding tert-OH is 1. The van der Waals surface area contributed by atoms with Crippen molar-refractivity contribution in [1.82, 2.24) is 0 Å². The Bertz CT molecular complexity index is 444. The molecule has 0 aromatic heterocycles. The number of nitro benzene ring substituents is 1. The number of nitro groups is 1. The van der Waals surface area contributed by atoms with E-state index in [-0.39, 0.29) is 29.5 Å². The highest BCUT2D eigenvalue weighted by atomic mass is 35.5. The van der Waals surface area contributed by atoms with E-state index in [0.29, 0.717) is 0 Å². The Kier molecular flexibility index (Phi) is 5.11. The molecule has 18 heavy (non-hydrogen) atoms. The molecule has 1 aromatic rings. The lowest BCUT2D eigenvalue weighted by molar-refractivity contribution is -0.384. The number of halogens is 2. The minimum Gasteiger partial charge on any atom is -0.493 e. The SMILES string of the molecule is COc1cc([N+](=O)[O-])c(NCC(O)CCl)cc1F. The van der Waals surface area contributed by atoms with Crippen LogP contribution in [0.15, 0.2) is 12.1 Å². The fraction of sp³-hybridized carbons (Fsp3) is 0.400. The van der Waals surface area contributed by atoms with E-state index >= 15 is 0 Å². The molecule has 0 radical (unpaired) electrons. The lowest BCUT2D eigenvalue weighted by Gasteiger charge is -2.11. The Morgan fingerprint density at radius 1 is 1.67 bits per heavy atom. The number of nitrogens with one attached hydrogen (secondary N) is 1. The van der Waals surface area contributed by atoms with Crippen LogP contribution < -0.4 is 10.1 Å². The summed E-state index contributed by atoms with van der Waals surface area (Å²) in [6.07, 6.45) is -0.878. The molecule has 0 aliphatic rings. The molecular weight excluding hydrogens is 267 g/mol. The van der Waals surface area contributed by atoms with Crippen molar-refractivity contribution in [3.8, 4) is 5.75 Å². The Hall–Kier alpha value is -1.60. The van der Waals surface area contributed by atoms with Gasteiger partial charge in [0.25, 0.3) is 5.69 Å². The lowest BCUT2D eigenvalue weighted by Crippen LogP contribution is -2.21. The average Bonchev–Trinajstić information content (AvgIpc) is 2.35. The second-order valence-corrected chi connectivity index (χ2v) is 3.76. The number of hydrogen-bond donors (Lipinski definition) is 2. The monoisotopic (exact) mass is 278 g/mol. The van der Waals surface area contributed by atoms with Crippen LogP contribution >= 0.6 is 11.6 Å². The van der Waals surface area contributed by atoms with Crippen LogP contribution in [-0.2, 0) is 0 Å². The number of ether oxygens (including phenoxy) is 1. The van der Waals surface area contributed by atoms with Gasteiger partial charge in [-0.25, -0.2) is 4.39 Å². The first-order chi connectivity index (χ1) is 8.49. The first kappa shape index (κ1) is 14.5. The number of hydrogen-bond acceptors (Lipinski definition) is 5. The summed E-state index contributed by atoms with van der Waals surface area (Å²) in [5.41, 5.74) is -0.377. The molecule has 0 aliphatic carbocycles. The van der Waals surface area contributed by atoms with Gasteiger partial charge < -0.3 is 15.2 Å². The number of alkyl halides is 1. The number of nitrogens with zero attached hydrogens (tertiary/aromatic N) is 1. The molecule has 1 aromatic carbocycles. The highest BCUT2D eigenvalue weighted by molar-refractivity contribution is 6.18. The van der Waals surface area contributed by atoms with Crippen molar-refractivity contribution in [2.75, 3.05) is 24.9 Å². The molecule has 2 N–H and O–H groups in total. The standard InChI is InChI=1S/C10H12ClFN2O4/c1-18-10-3-9(14(16)17)8(2-7(10)12)13-5-6(15)4-11/h2-3,6,13,15H,4-5H2,1H3. The van der Waals surface area contributed by atoms with Crippen LogP contribution in [0.1, 0.15) is 0 Å². The summed E-state index contributed by atoms with van der Waals surface area (Å²) < 4.78 is 18.1. The molecule has 0 aliphatic heterocycles. The summed E-state index contributed by atoms with van der Waals surface area (Å²) in [6, 6.07) is 1.92. The van der Waals surface area contributed by atoms with Gasteiger partial charge in [0.1, 0.15) is 5.69 Å². The minimum absolute atomic E-state index is 0.0177. The number of benzene rings is 1. The third-order valence-corrected chi connectivity index (χ3v) is 2.53. The molecule has 1 atom stereocenters. The van der Waals surface area contributed by atoms with Gasteiger partial charge in [0.2, 0.25) is 0 Å². The van der Waals surface area contributed by atoms with E-state index in [1.54, 1.807) is 0 Å². The summed E-state index contributed by atoms with van der Waals surface area (Å²) >= 11 is 5.38. The van der Waals surface area contributed by atoms with Gasteiger partial charge in [-0.1, -0.05) is 0 Å². The van der Waals surface area contributed by atoms with Crippen LogP contribution in [0, 0.1) is 15.9 Å². The first-order valence-electron chi connectivity index (χ1n) is 4.99. The molecule has 0 heterocycles. The molecule has 0 spiro atoms. The average molecular weight is 279 g/mol. The van der Waals surface area contributed by atoms with Gasteiger partial charge >= 0.3 is 0 Å². The van der Waals surface area contributed by atoms with E-state index in [1.165, 1.54) is 7.11 Å². The summed E-state index contributed by atoms with van der Waals surface area (Å²) in [5, 5.41) is 22.6. The Balaban J connectivity index is 3.01. The summed E-state index contributed by atoms with van der Waals surface area (Å²) in [4.78, 5) is 10.1. The van der Waals surface area contributed by atoms with Crippen LogP contribution in [0.25, 0.3) is 0 Å². The Morgan fingerprint density at radius 2 is 2.33 bits per heavy atom. The van der Waals surface area contributed by atoms with Crippen LogP contribution in [0.4, 0.5) is 15.8 Å². The van der Waals surface area contributed by atoms with Crippen molar-refractivity contribution in [1.29, 1.82) is 0 Å². The second kappa shape index (κ2) is 6.36. The molecule has 1 rings (SSSR count). The summed E-state index contributed by atoms with van der Waals surface area (Å²) in [6.45, 7) is -0.0177. The Labute approximate surface area is 107 Å². The van der Waals surface area contributed by atoms with Gasteiger partial charge in [-0.05, 0) is 0 Å². The van der Waals surface area contributed by atoms with Crippen molar-refractivity contribution in [2.45, 2.75) is 6.10 Å². The van der Waals surface area contributed by atoms with Crippen LogP contribution in [-0.4, -0.2) is 35.7 Å². The minimum atomic E-state index is -0.878. The van der Waals surface area contributed by atoms with Crippen molar-refractivity contribution >= 4 is 23.0 Å². The molecule has 100 valence electrons. The molecule has 8 heteroatoms. The molecule has 0 bridgehead atoms. The molecule has 6 nitrogen and oxygen atoms in total. The van der Waals surface area contributed by atoms with E-state index in [2.05, 4.69) is 10.1 Å². The van der Waals surface area contributed by atoms with Gasteiger partial charge in [0.15, 0.2) is 11.6 Å². The van der Waals surface area contributed by atoms with Crippen LogP contribution in [0.5, 0.6) is 5.75 Å². The van der Waals surface area contributed by atoms with Crippen molar-refractivity contribution < 1.29 is 19.2 Å². The van der Waals surface area contributed by atoms with Crippen molar-refractivity contribution in [2.24, 2.45) is 0 Å². The van der Waals surface area contributed by atoms with Crippen LogP contribution in [0.3, 0.4) is 0 Å². The normalized spacial score (nSPS) is 12.0. The predicted molar refractivity (Wildman–Crippen MR) is 64.8 cm³/mol. The summed E-state index contributed by atoms with van der Waals surface area (Å²) in [7, 11) is 1.21. The predicted octanol–water partition coefficient (Wildman–Crippen LogP) is 1.75. The second-order valence-electron chi connectivity index (χ2n) is 3.45. The number of methoxy groups -OCH3 is 1. The molecule has 0 saturated heterocycles. The van der Waals surface area contributed by atoms with Crippen molar-refractivity contribution in [3.63, 3.8) is 0 Å². The maximum atomic E-state index is 13.4. The van der Waals surface area contributed by atoms with E-state index < -0.39 is 16.8 Å². The molecule has 0 saturated carbocycles. The molecule has 0 amide bonds. The van der Waals surface area contributed by atoms with Gasteiger partial charge in [-0.3, -0.25) is 10.1 Å². The third-order valence-electron chi connectivity index (χ3n) is 2.17. The van der Waals surface area contributed by atoms with Crippen LogP contribution in [0.2, 0.25) is 0 Å². The fourth-order valence-corrected chi connectivity index (χ4v) is 1.38. The smallest absolute Gasteiger partial charge is 0.296 e. The molecule has 1 unspecified atom stereocenters. The van der Waals surface area contributed by atoms with Gasteiger partial charge in [0.05, 0.1) is 30.1 Å². The molecule has 0 fully saturated rings. The molecular formula is C10H12ClFN2O4. The van der Waals surface area contributed by atoms with E-state index in [0.717, 1.165) is 12.1 Å². The number of rotatable bonds is 6. The highest BCUT2D eigenvalue weighted by Crippen LogP contribution is 2.31. The topological polar surface area (TPSA) is 84.6 Å². The van der Waals surface area contributed by atoms with E-state index in [4.69, 9.17) is 11.6 Å². The van der Waals surface area contributed by atoms with Gasteiger partial charge in [-0.15, -0.1) is 11.6 Å². The third kappa shape index (κ3) is 3.44. The largest absolute Gasteiger partial charge is 0.493 e. The van der Waals surface area contributed by atoms with Gasteiger partial charge in [-0.2, -0.15) is 0 Å². The summed E-state index contributed by atoms with van der Waals surface area (Å²) in [5.74, 6) is -0.976. The number of aliphatic hydroxyl groups is 1. The Morgan fingerprint density at radius 3 is 2.83 bits per heavy atom. The van der Waals surface area contributed by atoms with E-state index in [1.807, 2.05) is 0 Å². The zero-order valence-corrected chi connectivity index (χ0v) is 10.3. The maximum Gasteiger partial charge on any atom is 0.296 e. The van der Waals surface area contributed by atoms with Crippen molar-refractivity contribution in [3.05, 3.63) is 28.1 Å². The maximum absolute atomic E-state index is 13.4. The fourth-order valence-electron chi connectivity index (χ4n) is 1.27.